The van der Waals surface area contributed by atoms with Crippen LogP contribution in [0, 0.1) is 22.0 Å². The van der Waals surface area contributed by atoms with Gasteiger partial charge >= 0.3 is 5.97 Å². The molecule has 6 rings (SSSR count). The average Bonchev–Trinajstić information content (AvgIpc) is 3.49. The van der Waals surface area contributed by atoms with Crippen LogP contribution in [0.15, 0.2) is 66.4 Å². The highest BCUT2D eigenvalue weighted by molar-refractivity contribution is 6.73. The minimum atomic E-state index is -2.03. The van der Waals surface area contributed by atoms with Gasteiger partial charge in [-0.1, -0.05) is 33.8 Å². The van der Waals surface area contributed by atoms with Crippen molar-refractivity contribution in [1.82, 2.24) is 4.90 Å². The lowest BCUT2D eigenvalue weighted by atomic mass is 9.76. The molecule has 2 heterocycles. The first-order valence-corrected chi connectivity index (χ1v) is 18.7. The minimum absolute atomic E-state index is 0.00173. The molecule has 0 aromatic heterocycles. The number of carbonyl (C=O) groups excluding carboxylic acids is 3. The fourth-order valence-electron chi connectivity index (χ4n) is 7.56. The van der Waals surface area contributed by atoms with Crippen LogP contribution >= 0.6 is 0 Å². The molecular formula is C36H38N2O8Si. The van der Waals surface area contributed by atoms with E-state index in [1.165, 1.54) is 36.4 Å². The number of esters is 1. The molecule has 3 aromatic rings. The maximum atomic E-state index is 14.0. The van der Waals surface area contributed by atoms with Crippen LogP contribution in [0.3, 0.4) is 0 Å². The third kappa shape index (κ3) is 5.27. The summed E-state index contributed by atoms with van der Waals surface area (Å²) in [7, 11) is -2.03. The Balaban J connectivity index is 1.37. The fraction of sp³-hybridized carbons (Fsp3) is 0.361. The number of fused-ring (bicyclic) bond motifs is 4. The van der Waals surface area contributed by atoms with Crippen LogP contribution in [-0.2, 0) is 25.4 Å². The molecule has 3 aliphatic rings. The van der Waals surface area contributed by atoms with Crippen LogP contribution in [-0.4, -0.2) is 53.1 Å². The number of aromatic hydroxyl groups is 1. The van der Waals surface area contributed by atoms with Gasteiger partial charge in [0.1, 0.15) is 18.1 Å². The molecule has 2 aliphatic heterocycles. The Morgan fingerprint density at radius 3 is 2.26 bits per heavy atom. The van der Waals surface area contributed by atoms with E-state index in [1.807, 2.05) is 19.9 Å². The largest absolute Gasteiger partial charge is 0.508 e. The molecule has 1 fully saturated rings. The average molecular weight is 655 g/mol. The maximum Gasteiger partial charge on any atom is 0.355 e. The standard InChI is InChI=1S/C36H38N2O8Si/c1-6-47(7-2,8-3)46-21(5)31-32-20(4)30(23-11-15-27-28(17-23)26-16-14-25(39)18-29(26)34(27)40)33(37(32)35(31)41)36(42)45-19-22-9-12-24(13-10-22)38(43)44/h9-18,20-21,31-32,39H,6-8,19H2,1-5H3/t20-,21+,31+,32+/m0/s1. The lowest BCUT2D eigenvalue weighted by Gasteiger charge is -2.49. The molecule has 1 amide bonds. The van der Waals surface area contributed by atoms with Gasteiger partial charge in [0, 0.05) is 29.2 Å². The van der Waals surface area contributed by atoms with Crippen molar-refractivity contribution in [1.29, 1.82) is 0 Å². The third-order valence-corrected chi connectivity index (χ3v) is 15.1. The first-order chi connectivity index (χ1) is 22.4. The van der Waals surface area contributed by atoms with Crippen LogP contribution in [0.25, 0.3) is 16.7 Å². The molecule has 0 bridgehead atoms. The van der Waals surface area contributed by atoms with Crippen LogP contribution in [0.4, 0.5) is 5.69 Å². The quantitative estimate of drug-likeness (QED) is 0.0610. The van der Waals surface area contributed by atoms with Gasteiger partial charge in [0.25, 0.3) is 5.69 Å². The smallest absolute Gasteiger partial charge is 0.355 e. The summed E-state index contributed by atoms with van der Waals surface area (Å²) in [6, 6.07) is 18.4. The summed E-state index contributed by atoms with van der Waals surface area (Å²) in [5.74, 6) is -1.72. The number of hydrogen-bond donors (Lipinski definition) is 1. The van der Waals surface area contributed by atoms with Crippen LogP contribution in [0.2, 0.25) is 18.1 Å². The molecule has 0 radical (unpaired) electrons. The van der Waals surface area contributed by atoms with Gasteiger partial charge in [-0.15, -0.1) is 0 Å². The Labute approximate surface area is 274 Å². The molecule has 0 saturated carbocycles. The number of non-ortho nitro benzene ring substituents is 1. The highest BCUT2D eigenvalue weighted by Crippen LogP contribution is 2.52. The summed E-state index contributed by atoms with van der Waals surface area (Å²) >= 11 is 0. The Morgan fingerprint density at radius 2 is 1.62 bits per heavy atom. The molecule has 1 saturated heterocycles. The Morgan fingerprint density at radius 1 is 0.957 bits per heavy atom. The molecule has 10 nitrogen and oxygen atoms in total. The number of ether oxygens (including phenoxy) is 1. The molecule has 11 heteroatoms. The van der Waals surface area contributed by atoms with E-state index in [2.05, 4.69) is 20.8 Å². The van der Waals surface area contributed by atoms with Crippen molar-refractivity contribution >= 4 is 37.2 Å². The number of phenols is 1. The zero-order valence-corrected chi connectivity index (χ0v) is 28.1. The summed E-state index contributed by atoms with van der Waals surface area (Å²) < 4.78 is 12.5. The Kier molecular flexibility index (Phi) is 8.39. The van der Waals surface area contributed by atoms with Crippen LogP contribution in [0.1, 0.15) is 61.7 Å². The van der Waals surface area contributed by atoms with E-state index in [4.69, 9.17) is 9.16 Å². The van der Waals surface area contributed by atoms with Crippen molar-refractivity contribution in [2.24, 2.45) is 11.8 Å². The third-order valence-electron chi connectivity index (χ3n) is 10.4. The van der Waals surface area contributed by atoms with Gasteiger partial charge in [-0.25, -0.2) is 4.79 Å². The van der Waals surface area contributed by atoms with Gasteiger partial charge in [-0.3, -0.25) is 19.7 Å². The van der Waals surface area contributed by atoms with E-state index >= 15 is 0 Å². The minimum Gasteiger partial charge on any atom is -0.508 e. The number of rotatable bonds is 11. The Hall–Kier alpha value is -4.61. The highest BCUT2D eigenvalue weighted by Gasteiger charge is 2.61. The number of phenolic OH excluding ortho intramolecular Hbond substituents is 1. The number of nitro benzene ring substituents is 1. The maximum absolute atomic E-state index is 14.0. The second-order valence-corrected chi connectivity index (χ2v) is 17.4. The predicted molar refractivity (Wildman–Crippen MR) is 178 cm³/mol. The van der Waals surface area contributed by atoms with Gasteiger partial charge in [0.15, 0.2) is 14.1 Å². The van der Waals surface area contributed by atoms with Gasteiger partial charge < -0.3 is 19.2 Å². The van der Waals surface area contributed by atoms with Crippen LogP contribution in [0.5, 0.6) is 5.75 Å². The monoisotopic (exact) mass is 654 g/mol. The SMILES string of the molecule is CC[Si](CC)(CC)O[C@H](C)[C@H]1C(=O)N2C(C(=O)OCc3ccc([N+](=O)[O-])cc3)=C(c3ccc4c(c3)-c3ccc(O)cc3C4=O)[C@H](C)[C@H]12. The number of hydrogen-bond acceptors (Lipinski definition) is 8. The molecule has 1 aliphatic carbocycles. The summed E-state index contributed by atoms with van der Waals surface area (Å²) in [4.78, 5) is 53.2. The molecule has 4 atom stereocenters. The predicted octanol–water partition coefficient (Wildman–Crippen LogP) is 6.85. The van der Waals surface area contributed by atoms with E-state index in [9.17, 15) is 29.6 Å². The number of nitrogens with zero attached hydrogens (tertiary/aromatic N) is 2. The summed E-state index contributed by atoms with van der Waals surface area (Å²) in [6.07, 6.45) is -0.327. The molecule has 0 spiro atoms. The first-order valence-electron chi connectivity index (χ1n) is 16.1. The summed E-state index contributed by atoms with van der Waals surface area (Å²) in [5.41, 5.74) is 4.31. The normalized spacial score (nSPS) is 20.4. The summed E-state index contributed by atoms with van der Waals surface area (Å²) in [6.45, 7) is 10.3. The summed E-state index contributed by atoms with van der Waals surface area (Å²) in [5, 5.41) is 21.1. The lowest BCUT2D eigenvalue weighted by molar-refractivity contribution is -0.384. The molecule has 1 N–H and O–H groups in total. The van der Waals surface area contributed by atoms with Gasteiger partial charge in [-0.05, 0) is 95.3 Å². The van der Waals surface area contributed by atoms with E-state index in [0.29, 0.717) is 39.0 Å². The van der Waals surface area contributed by atoms with Crippen molar-refractivity contribution < 1.29 is 33.6 Å². The molecule has 0 unspecified atom stereocenters. The van der Waals surface area contributed by atoms with Crippen molar-refractivity contribution in [3.8, 4) is 16.9 Å². The second-order valence-electron chi connectivity index (χ2n) is 12.7. The van der Waals surface area contributed by atoms with E-state index in [-0.39, 0.29) is 53.5 Å². The first kappa shape index (κ1) is 32.3. The van der Waals surface area contributed by atoms with Gasteiger partial charge in [0.05, 0.1) is 23.0 Å². The van der Waals surface area contributed by atoms with Crippen LogP contribution < -0.4 is 0 Å². The van der Waals surface area contributed by atoms with Gasteiger partial charge in [-0.2, -0.15) is 0 Å². The van der Waals surface area contributed by atoms with E-state index in [0.717, 1.165) is 18.1 Å². The molecule has 47 heavy (non-hydrogen) atoms. The number of ketones is 1. The number of nitro groups is 1. The van der Waals surface area contributed by atoms with E-state index in [1.54, 1.807) is 23.1 Å². The number of carbonyl (C=O) groups is 3. The second kappa shape index (κ2) is 12.2. The number of β-lactam (4-membered cyclic amide) rings is 1. The highest BCUT2D eigenvalue weighted by atomic mass is 28.4. The van der Waals surface area contributed by atoms with E-state index < -0.39 is 25.1 Å². The fourth-order valence-corrected chi connectivity index (χ4v) is 10.5. The van der Waals surface area contributed by atoms with Crippen molar-refractivity contribution in [2.75, 3.05) is 0 Å². The Bertz CT molecular complexity index is 1820. The molecular weight excluding hydrogens is 616 g/mol. The number of amides is 1. The zero-order chi connectivity index (χ0) is 33.8. The topological polar surface area (TPSA) is 136 Å². The lowest BCUT2D eigenvalue weighted by Crippen LogP contribution is -2.65. The molecule has 3 aromatic carbocycles. The van der Waals surface area contributed by atoms with Crippen molar-refractivity contribution in [2.45, 2.75) is 71.5 Å². The molecule has 244 valence electrons. The van der Waals surface area contributed by atoms with Crippen molar-refractivity contribution in [3.05, 3.63) is 98.7 Å². The van der Waals surface area contributed by atoms with Crippen molar-refractivity contribution in [3.63, 3.8) is 0 Å². The zero-order valence-electron chi connectivity index (χ0n) is 27.1. The number of benzene rings is 3. The van der Waals surface area contributed by atoms with Gasteiger partial charge in [0.2, 0.25) is 5.91 Å².